The molecule has 0 aliphatic carbocycles. The van der Waals surface area contributed by atoms with E-state index in [1.807, 2.05) is 7.05 Å². The van der Waals surface area contributed by atoms with Crippen LogP contribution in [-0.2, 0) is 6.54 Å². The minimum atomic E-state index is -1.62. The summed E-state index contributed by atoms with van der Waals surface area (Å²) in [6, 6.07) is 4.89. The van der Waals surface area contributed by atoms with Gasteiger partial charge >= 0.3 is 7.12 Å². The predicted molar refractivity (Wildman–Crippen MR) is 82.8 cm³/mol. The number of benzene rings is 1. The van der Waals surface area contributed by atoms with Gasteiger partial charge < -0.3 is 14.9 Å². The fraction of sp³-hybridized carbons (Fsp3) is 0.600. The molecule has 1 heterocycles. The zero-order valence-corrected chi connectivity index (χ0v) is 12.8. The summed E-state index contributed by atoms with van der Waals surface area (Å²) in [6.07, 6.45) is 2.22. The summed E-state index contributed by atoms with van der Waals surface area (Å²) >= 11 is 0. The molecule has 2 rings (SSSR count). The monoisotopic (exact) mass is 294 g/mol. The predicted octanol–water partition coefficient (Wildman–Crippen LogP) is 0.422. The molecular weight excluding hydrogens is 270 g/mol. The zero-order chi connectivity index (χ0) is 15.4. The first-order valence-electron chi connectivity index (χ1n) is 7.58. The van der Waals surface area contributed by atoms with Gasteiger partial charge in [-0.15, -0.1) is 0 Å². The van der Waals surface area contributed by atoms with Crippen molar-refractivity contribution in [3.63, 3.8) is 0 Å². The standard InChI is InChI=1S/C15H24BFN2O2/c1-3-19-8-6-14(7-9-19)18(2)11-12-4-5-13(16(20)21)10-15(12)17/h4-5,10,14,20-21H,3,6-9,11H2,1-2H3. The van der Waals surface area contributed by atoms with Gasteiger partial charge in [0.2, 0.25) is 0 Å². The van der Waals surface area contributed by atoms with Gasteiger partial charge in [-0.25, -0.2) is 4.39 Å². The average Bonchev–Trinajstić information content (AvgIpc) is 2.49. The molecule has 0 amide bonds. The van der Waals surface area contributed by atoms with Crippen LogP contribution in [0.1, 0.15) is 25.3 Å². The molecule has 1 aliphatic heterocycles. The van der Waals surface area contributed by atoms with Crippen molar-refractivity contribution in [3.8, 4) is 0 Å². The number of hydrogen-bond acceptors (Lipinski definition) is 4. The Morgan fingerprint density at radius 2 is 2.00 bits per heavy atom. The second-order valence-corrected chi connectivity index (χ2v) is 5.81. The van der Waals surface area contributed by atoms with Crippen LogP contribution in [0.2, 0.25) is 0 Å². The Kier molecular flexibility index (Phi) is 5.76. The van der Waals surface area contributed by atoms with E-state index in [0.29, 0.717) is 18.2 Å². The number of rotatable bonds is 5. The summed E-state index contributed by atoms with van der Waals surface area (Å²) in [4.78, 5) is 4.63. The Morgan fingerprint density at radius 3 is 2.52 bits per heavy atom. The molecule has 1 fully saturated rings. The maximum absolute atomic E-state index is 14.0. The van der Waals surface area contributed by atoms with Crippen LogP contribution in [0.3, 0.4) is 0 Å². The molecule has 2 N–H and O–H groups in total. The molecule has 0 bridgehead atoms. The Balaban J connectivity index is 1.95. The van der Waals surface area contributed by atoms with E-state index in [0.717, 1.165) is 32.5 Å². The highest BCUT2D eigenvalue weighted by Gasteiger charge is 2.22. The first-order valence-corrected chi connectivity index (χ1v) is 7.58. The number of hydrogen-bond donors (Lipinski definition) is 2. The zero-order valence-electron chi connectivity index (χ0n) is 12.8. The summed E-state index contributed by atoms with van der Waals surface area (Å²) in [5.74, 6) is -0.376. The van der Waals surface area contributed by atoms with E-state index in [4.69, 9.17) is 10.0 Å². The molecule has 6 heteroatoms. The fourth-order valence-corrected chi connectivity index (χ4v) is 2.93. The van der Waals surface area contributed by atoms with Gasteiger partial charge in [0.1, 0.15) is 5.82 Å². The van der Waals surface area contributed by atoms with Crippen molar-refractivity contribution in [2.45, 2.75) is 32.4 Å². The summed E-state index contributed by atoms with van der Waals surface area (Å²) in [5, 5.41) is 18.1. The van der Waals surface area contributed by atoms with Crippen molar-refractivity contribution in [1.82, 2.24) is 9.80 Å². The molecular formula is C15H24BFN2O2. The molecule has 1 saturated heterocycles. The van der Waals surface area contributed by atoms with Crippen LogP contribution in [-0.4, -0.2) is 59.7 Å². The third kappa shape index (κ3) is 4.26. The lowest BCUT2D eigenvalue weighted by Gasteiger charge is -2.36. The second kappa shape index (κ2) is 7.36. The highest BCUT2D eigenvalue weighted by Crippen LogP contribution is 2.18. The molecule has 1 aromatic rings. The van der Waals surface area contributed by atoms with E-state index in [9.17, 15) is 4.39 Å². The van der Waals surface area contributed by atoms with Crippen LogP contribution in [0.5, 0.6) is 0 Å². The number of piperidine rings is 1. The van der Waals surface area contributed by atoms with Crippen LogP contribution < -0.4 is 5.46 Å². The fourth-order valence-electron chi connectivity index (χ4n) is 2.93. The van der Waals surface area contributed by atoms with Gasteiger partial charge in [0.05, 0.1) is 0 Å². The highest BCUT2D eigenvalue weighted by molar-refractivity contribution is 6.58. The van der Waals surface area contributed by atoms with Gasteiger partial charge in [0.25, 0.3) is 0 Å². The quantitative estimate of drug-likeness (QED) is 0.773. The summed E-state index contributed by atoms with van der Waals surface area (Å²) < 4.78 is 14.0. The van der Waals surface area contributed by atoms with Crippen LogP contribution in [0.25, 0.3) is 0 Å². The highest BCUT2D eigenvalue weighted by atomic mass is 19.1. The van der Waals surface area contributed by atoms with Gasteiger partial charge in [-0.2, -0.15) is 0 Å². The van der Waals surface area contributed by atoms with E-state index in [1.165, 1.54) is 6.07 Å². The SMILES string of the molecule is CCN1CCC(N(C)Cc2ccc(B(O)O)cc2F)CC1. The van der Waals surface area contributed by atoms with E-state index >= 15 is 0 Å². The normalized spacial score (nSPS) is 17.4. The van der Waals surface area contributed by atoms with Crippen LogP contribution in [0.15, 0.2) is 18.2 Å². The lowest BCUT2D eigenvalue weighted by Crippen LogP contribution is -2.43. The van der Waals surface area contributed by atoms with Gasteiger partial charge in [0.15, 0.2) is 0 Å². The Hall–Kier alpha value is -0.945. The van der Waals surface area contributed by atoms with Crippen molar-refractivity contribution in [1.29, 1.82) is 0 Å². The van der Waals surface area contributed by atoms with E-state index in [-0.39, 0.29) is 11.3 Å². The third-order valence-corrected chi connectivity index (χ3v) is 4.42. The van der Waals surface area contributed by atoms with E-state index < -0.39 is 7.12 Å². The third-order valence-electron chi connectivity index (χ3n) is 4.42. The number of halogens is 1. The number of likely N-dealkylation sites (tertiary alicyclic amines) is 1. The van der Waals surface area contributed by atoms with Crippen molar-refractivity contribution in [2.24, 2.45) is 0 Å². The lowest BCUT2D eigenvalue weighted by molar-refractivity contribution is 0.126. The first kappa shape index (κ1) is 16.4. The maximum atomic E-state index is 14.0. The van der Waals surface area contributed by atoms with Gasteiger partial charge in [0, 0.05) is 18.2 Å². The Morgan fingerprint density at radius 1 is 1.33 bits per heavy atom. The Bertz CT molecular complexity index is 465. The minimum Gasteiger partial charge on any atom is -0.423 e. The van der Waals surface area contributed by atoms with Crippen molar-refractivity contribution in [2.75, 3.05) is 26.7 Å². The summed E-state index contributed by atoms with van der Waals surface area (Å²) in [6.45, 7) is 6.02. The molecule has 0 saturated carbocycles. The summed E-state index contributed by atoms with van der Waals surface area (Å²) in [7, 11) is 0.408. The molecule has 0 atom stereocenters. The topological polar surface area (TPSA) is 46.9 Å². The van der Waals surface area contributed by atoms with Crippen molar-refractivity contribution >= 4 is 12.6 Å². The molecule has 0 aromatic heterocycles. The molecule has 1 aromatic carbocycles. The second-order valence-electron chi connectivity index (χ2n) is 5.81. The van der Waals surface area contributed by atoms with Crippen LogP contribution in [0.4, 0.5) is 4.39 Å². The van der Waals surface area contributed by atoms with Crippen molar-refractivity contribution in [3.05, 3.63) is 29.6 Å². The molecule has 0 unspecified atom stereocenters. The molecule has 0 radical (unpaired) electrons. The van der Waals surface area contributed by atoms with E-state index in [2.05, 4.69) is 16.7 Å². The van der Waals surface area contributed by atoms with Gasteiger partial charge in [-0.1, -0.05) is 19.1 Å². The van der Waals surface area contributed by atoms with Gasteiger partial charge in [-0.3, -0.25) is 4.90 Å². The van der Waals surface area contributed by atoms with Crippen LogP contribution in [0, 0.1) is 5.82 Å². The van der Waals surface area contributed by atoms with Crippen LogP contribution >= 0.6 is 0 Å². The lowest BCUT2D eigenvalue weighted by atomic mass is 9.80. The molecule has 4 nitrogen and oxygen atoms in total. The van der Waals surface area contributed by atoms with E-state index in [1.54, 1.807) is 12.1 Å². The molecule has 116 valence electrons. The smallest absolute Gasteiger partial charge is 0.423 e. The molecule has 1 aliphatic rings. The largest absolute Gasteiger partial charge is 0.488 e. The number of nitrogens with zero attached hydrogens (tertiary/aromatic N) is 2. The van der Waals surface area contributed by atoms with Gasteiger partial charge in [-0.05, 0) is 51.1 Å². The summed E-state index contributed by atoms with van der Waals surface area (Å²) in [5.41, 5.74) is 0.787. The first-order chi connectivity index (χ1) is 10.0. The molecule has 21 heavy (non-hydrogen) atoms. The average molecular weight is 294 g/mol. The maximum Gasteiger partial charge on any atom is 0.488 e. The molecule has 0 spiro atoms. The minimum absolute atomic E-state index is 0.190. The van der Waals surface area contributed by atoms with Crippen molar-refractivity contribution < 1.29 is 14.4 Å². The Labute approximate surface area is 126 Å².